The van der Waals surface area contributed by atoms with Gasteiger partial charge in [0.25, 0.3) is 20.2 Å². The molecule has 1 aromatic rings. The molecule has 1 aliphatic heterocycles. The number of ketones is 2. The lowest BCUT2D eigenvalue weighted by Gasteiger charge is -2.06. The van der Waals surface area contributed by atoms with Crippen LogP contribution in [0.3, 0.4) is 0 Å². The van der Waals surface area contributed by atoms with Crippen LogP contribution in [-0.4, -0.2) is 253 Å². The van der Waals surface area contributed by atoms with Gasteiger partial charge >= 0.3 is 0 Å². The van der Waals surface area contributed by atoms with Crippen LogP contribution in [0.2, 0.25) is 0 Å². The van der Waals surface area contributed by atoms with Crippen LogP contribution in [0.15, 0.2) is 15.4 Å². The second kappa shape index (κ2) is 78.6. The van der Waals surface area contributed by atoms with Crippen LogP contribution in [0.5, 0.6) is 0 Å². The monoisotopic (exact) mass is 2040 g/mol. The molecule has 53 heteroatoms. The van der Waals surface area contributed by atoms with Gasteiger partial charge in [-0.2, -0.15) is 27.2 Å². The van der Waals surface area contributed by atoms with Crippen molar-refractivity contribution in [2.45, 2.75) is 277 Å². The Morgan fingerprint density at radius 1 is 0.477 bits per heavy atom. The Morgan fingerprint density at radius 3 is 1.01 bits per heavy atom. The van der Waals surface area contributed by atoms with Gasteiger partial charge in [0.1, 0.15) is 51.6 Å². The zero-order valence-corrected chi connectivity index (χ0v) is 90.2. The summed E-state index contributed by atoms with van der Waals surface area (Å²) >= 11 is 0. The molecule has 0 bridgehead atoms. The lowest BCUT2D eigenvalue weighted by atomic mass is 10.1. The summed E-state index contributed by atoms with van der Waals surface area (Å²) < 4.78 is 192. The van der Waals surface area contributed by atoms with Crippen molar-refractivity contribution < 1.29 is 135 Å². The van der Waals surface area contributed by atoms with Crippen molar-refractivity contribution in [3.8, 4) is 0 Å². The first-order valence-corrected chi connectivity index (χ1v) is 57.8. The molecule has 11 N–H and O–H groups in total. The second-order valence-electron chi connectivity index (χ2n) is 33.5. The molecule has 0 radical (unpaired) electrons. The third kappa shape index (κ3) is 143. The lowest BCUT2D eigenvalue weighted by molar-refractivity contribution is -0.132. The summed E-state index contributed by atoms with van der Waals surface area (Å²) in [7, 11) is -28.4. The Hall–Kier alpha value is -5.86. The number of rotatable bonds is 29. The predicted octanol–water partition coefficient (Wildman–Crippen LogP) is 8.83. The summed E-state index contributed by atoms with van der Waals surface area (Å²) in [6.45, 7) is 59.1. The normalized spacial score (nSPS) is 12.8. The average molecular weight is 2050 g/mol. The molecule has 128 heavy (non-hydrogen) atoms. The fourth-order valence-corrected chi connectivity index (χ4v) is 13.2. The van der Waals surface area contributed by atoms with E-state index in [0.717, 1.165) is 37.0 Å². The molecule has 0 aromatic carbocycles. The van der Waals surface area contributed by atoms with Gasteiger partial charge in [0.2, 0.25) is 67.3 Å². The van der Waals surface area contributed by atoms with Gasteiger partial charge in [0.05, 0.1) is 40.2 Å². The van der Waals surface area contributed by atoms with Gasteiger partial charge in [-0.25, -0.2) is 42.1 Å². The molecule has 4 atom stereocenters. The van der Waals surface area contributed by atoms with Crippen LogP contribution in [0.4, 0.5) is 0 Å². The minimum absolute atomic E-state index is 0. The number of nitrogens with zero attached hydrogens (tertiary/aromatic N) is 6. The zero-order chi connectivity index (χ0) is 104. The molecular formula is C75H163N13O30P2S8. The molecule has 0 saturated heterocycles. The van der Waals surface area contributed by atoms with Crippen LogP contribution in [-0.2, 0) is 139 Å². The maximum Gasteiger partial charge on any atom is 0.267 e. The van der Waals surface area contributed by atoms with Gasteiger partial charge in [-0.1, -0.05) is 179 Å². The maximum absolute atomic E-state index is 11.0. The highest BCUT2D eigenvalue weighted by molar-refractivity contribution is 7.92. The number of amides is 8. The van der Waals surface area contributed by atoms with Crippen molar-refractivity contribution in [2.75, 3.05) is 74.1 Å². The SMILES string of the molecule is C.CC(=O)CS(=O)(=O)C(C)C.CC(=O)CS(=O)(=O)CC(C)C.CC(=O)NC(=O)C(C)C.CC(=O)NC(=O)CC(C)C.CC(C)C(=O)NS(C)(=O)=O.CC(C)C(=O)NS(C)=O.CC(C)CC(=O)NS(C)(=O)=O.CC(C)CC(=O)NS(C)=O.CC(C)CC1=NN=NC1.CC(C)CP(C)(=O)O.CC(C)CS(=O)(=O)O.CC(C)P(C)(=O)O.CC(C)S(=O)(=O)O.CC(C)c1nn[nH]n1. The molecule has 0 spiro atoms. The number of Topliss-reactive ketones (excluding diaryl/α,β-unsaturated/α-hetero) is 2. The van der Waals surface area contributed by atoms with E-state index in [2.05, 4.69) is 70.0 Å². The Bertz CT molecular complexity index is 4190. The van der Waals surface area contributed by atoms with Gasteiger partial charge in [0.15, 0.2) is 40.2 Å². The van der Waals surface area contributed by atoms with E-state index in [9.17, 15) is 116 Å². The number of tetrazole rings is 1. The van der Waals surface area contributed by atoms with E-state index < -0.39 is 119 Å². The van der Waals surface area contributed by atoms with E-state index in [-0.39, 0.29) is 125 Å². The number of carbonyl (C=O) groups excluding carboxylic acids is 10. The summed E-state index contributed by atoms with van der Waals surface area (Å²) in [5.41, 5.74) is 1.03. The van der Waals surface area contributed by atoms with Crippen LogP contribution in [0.1, 0.15) is 266 Å². The highest BCUT2D eigenvalue weighted by atomic mass is 32.2. The number of nitrogens with one attached hydrogen (secondary N) is 7. The quantitative estimate of drug-likeness (QED) is 0.0263. The number of hydrogen-bond acceptors (Lipinski definition) is 32. The summed E-state index contributed by atoms with van der Waals surface area (Å²) in [5, 5.41) is 27.7. The number of H-pyrrole nitrogens is 1. The largest absolute Gasteiger partial charge is 0.344 e. The summed E-state index contributed by atoms with van der Waals surface area (Å²) in [6, 6.07) is 0. The maximum atomic E-state index is 11.0. The first-order chi connectivity index (χ1) is 56.3. The predicted molar refractivity (Wildman–Crippen MR) is 511 cm³/mol. The molecule has 0 aliphatic carbocycles. The lowest BCUT2D eigenvalue weighted by Crippen LogP contribution is -2.32. The number of carbonyl (C=O) groups is 10. The van der Waals surface area contributed by atoms with Crippen molar-refractivity contribution in [3.05, 3.63) is 5.82 Å². The van der Waals surface area contributed by atoms with Gasteiger partial charge < -0.3 is 9.79 Å². The van der Waals surface area contributed by atoms with E-state index in [1.807, 2.05) is 92.5 Å². The third-order valence-electron chi connectivity index (χ3n) is 12.0. The number of sulfonamides is 2. The Kier molecular flexibility index (Phi) is 92.4. The average Bonchev–Trinajstić information content (AvgIpc) is 1.05. The van der Waals surface area contributed by atoms with Crippen LogP contribution >= 0.6 is 14.7 Å². The van der Waals surface area contributed by atoms with Crippen molar-refractivity contribution in [1.29, 1.82) is 0 Å². The van der Waals surface area contributed by atoms with E-state index in [1.165, 1.54) is 67.4 Å². The van der Waals surface area contributed by atoms with Gasteiger partial charge in [0, 0.05) is 94.4 Å². The minimum Gasteiger partial charge on any atom is -0.344 e. The Balaban J connectivity index is -0.000000101. The van der Waals surface area contributed by atoms with E-state index in [0.29, 0.717) is 48.6 Å². The van der Waals surface area contributed by atoms with Crippen molar-refractivity contribution in [1.82, 2.24) is 50.1 Å². The first kappa shape index (κ1) is 150. The van der Waals surface area contributed by atoms with E-state index in [4.69, 9.17) is 18.9 Å². The zero-order valence-electron chi connectivity index (χ0n) is 81.9. The standard InChI is InChI=1S/C7H13NO2.C7H14O3S.C6H11N3.C6H13NO3S.C6H13NO2S.C6H11NO2.C6H12O3S.C5H11NO3S.C5H11NO2S.C5H13O2P.C4H8N4.C4H10O3S.C4H11O2P.C3H8O3S.CH4/c1-5(2)4-7(10)8-6(3)9;1-6(2)4-11(9,10)5-7(3)8;1-5(2)3-6-4-7-9-8-6;1-5(2)4-6(8)7-11(3,9)10;1-5(2)4-6(8)7-10(3)9;1-4(2)6(9)7-5(3)8;1-5(2)10(8,9)4-6(3)7;1-4(2)5(7)6-10(3,8)9;1-4(2)5(7)6-9(3)8;1-5(2)4-8(3,6)7;1-3(2)4-5-7-8-6-4;1-4(2)3-8(5,6)7;1-4(2)7(3,5)6;1-3(2)7(4,5)6;/h5H,4H2,1-3H3,(H,8,9,10);6H,4-5H2,1-3H3;5H,3-4H2,1-2H3;5H,4H2,1-3H3,(H,7,8);5H,4H2,1-3H3,(H,7,8);4H,1-3H3,(H,7,8,9);5H,4H2,1-3H3;4H,1-3H3,(H,6,7);4H,1-3H3,(H,6,7);5H,4H2,1-3H3,(H,6,7);3H,1-2H3,(H,5,6,7,8);4H,3H2,1-2H3,(H,5,6,7);4H,1-3H3,(H,5,6);3H,1-2H3,(H,4,5,6);1H4. The molecule has 43 nitrogen and oxygen atoms in total. The fraction of sp³-hybridized carbons (Fsp3) is 0.840. The summed E-state index contributed by atoms with van der Waals surface area (Å²) in [6.07, 6.45) is 7.36. The fourth-order valence-electron chi connectivity index (χ4n) is 6.34. The molecule has 0 saturated carbocycles. The van der Waals surface area contributed by atoms with Crippen LogP contribution in [0, 0.1) is 59.2 Å². The molecule has 4 unspecified atom stereocenters. The number of aromatic nitrogens is 4. The molecule has 1 aromatic heterocycles. The van der Waals surface area contributed by atoms with Crippen molar-refractivity contribution >= 4 is 161 Å². The van der Waals surface area contributed by atoms with Gasteiger partial charge in [-0.15, -0.1) is 15.3 Å². The summed E-state index contributed by atoms with van der Waals surface area (Å²) in [4.78, 5) is 123. The molecular weight excluding hydrogens is 1880 g/mol. The van der Waals surface area contributed by atoms with Crippen LogP contribution in [0.25, 0.3) is 0 Å². The number of hydrogen-bond donors (Lipinski definition) is 11. The van der Waals surface area contributed by atoms with Gasteiger partial charge in [-0.3, -0.25) is 95.7 Å². The topological polar surface area (TPSA) is 688 Å². The van der Waals surface area contributed by atoms with E-state index in [1.54, 1.807) is 83.1 Å². The highest BCUT2D eigenvalue weighted by Crippen LogP contribution is 2.40. The molecule has 1 aliphatic rings. The second-order valence-corrected chi connectivity index (χ2v) is 52.7. The third-order valence-corrected chi connectivity index (χ3v) is 24.1. The van der Waals surface area contributed by atoms with Crippen molar-refractivity contribution in [3.63, 3.8) is 0 Å². The summed E-state index contributed by atoms with van der Waals surface area (Å²) in [5.74, 6) is -0.946. The molecule has 8 amide bonds. The minimum atomic E-state index is -3.74. The molecule has 2 rings (SSSR count). The molecule has 2 heterocycles. The Labute approximate surface area is 772 Å². The smallest absolute Gasteiger partial charge is 0.267 e. The molecule has 0 fully saturated rings. The first-order valence-electron chi connectivity index (χ1n) is 39.7. The van der Waals surface area contributed by atoms with E-state index >= 15 is 0 Å². The number of imide groups is 2. The van der Waals surface area contributed by atoms with Gasteiger partial charge in [-0.05, 0) is 94.6 Å². The Morgan fingerprint density at radius 2 is 0.836 bits per heavy atom. The number of sulfone groups is 2. The number of aromatic amines is 1. The molecule has 766 valence electrons. The van der Waals surface area contributed by atoms with Crippen molar-refractivity contribution in [2.24, 2.45) is 74.6 Å². The van der Waals surface area contributed by atoms with Crippen LogP contribution < -0.4 is 29.5 Å². The highest BCUT2D eigenvalue weighted by Gasteiger charge is 2.20.